The first-order valence-electron chi connectivity index (χ1n) is 3.67. The number of halogens is 2. The van der Waals surface area contributed by atoms with Crippen LogP contribution in [0.2, 0.25) is 0 Å². The molecule has 0 aliphatic rings. The zero-order chi connectivity index (χ0) is 10.0. The van der Waals surface area contributed by atoms with Crippen LogP contribution in [-0.4, -0.2) is 11.7 Å². The SMILES string of the molecule is Nc1cc(F)c([C@@H](N)CO)cc1F. The van der Waals surface area contributed by atoms with E-state index in [-0.39, 0.29) is 11.3 Å². The number of anilines is 1. The molecule has 0 radical (unpaired) electrons. The Morgan fingerprint density at radius 1 is 1.31 bits per heavy atom. The molecule has 0 aromatic heterocycles. The molecule has 0 saturated carbocycles. The van der Waals surface area contributed by atoms with E-state index in [9.17, 15) is 8.78 Å². The van der Waals surface area contributed by atoms with Crippen molar-refractivity contribution in [1.82, 2.24) is 0 Å². The predicted octanol–water partition coefficient (Wildman–Crippen LogP) is 0.539. The van der Waals surface area contributed by atoms with Gasteiger partial charge in [0.25, 0.3) is 0 Å². The number of rotatable bonds is 2. The van der Waals surface area contributed by atoms with Gasteiger partial charge in [-0.15, -0.1) is 0 Å². The molecule has 0 saturated heterocycles. The Morgan fingerprint density at radius 2 is 1.92 bits per heavy atom. The van der Waals surface area contributed by atoms with Gasteiger partial charge in [-0.1, -0.05) is 0 Å². The normalized spacial score (nSPS) is 12.9. The van der Waals surface area contributed by atoms with Gasteiger partial charge in [0.05, 0.1) is 18.3 Å². The monoisotopic (exact) mass is 188 g/mol. The Morgan fingerprint density at radius 3 is 2.46 bits per heavy atom. The van der Waals surface area contributed by atoms with E-state index in [0.29, 0.717) is 0 Å². The molecule has 0 aliphatic heterocycles. The molecule has 0 heterocycles. The maximum atomic E-state index is 13.0. The third-order valence-electron chi connectivity index (χ3n) is 1.71. The predicted molar refractivity (Wildman–Crippen MR) is 44.8 cm³/mol. The molecular weight excluding hydrogens is 178 g/mol. The van der Waals surface area contributed by atoms with Crippen molar-refractivity contribution in [3.05, 3.63) is 29.3 Å². The minimum Gasteiger partial charge on any atom is -0.396 e. The summed E-state index contributed by atoms with van der Waals surface area (Å²) in [5, 5.41) is 8.63. The maximum Gasteiger partial charge on any atom is 0.146 e. The van der Waals surface area contributed by atoms with Gasteiger partial charge in [-0.3, -0.25) is 0 Å². The highest BCUT2D eigenvalue weighted by Gasteiger charge is 2.13. The smallest absolute Gasteiger partial charge is 0.146 e. The van der Waals surface area contributed by atoms with E-state index in [4.69, 9.17) is 16.6 Å². The topological polar surface area (TPSA) is 72.3 Å². The summed E-state index contributed by atoms with van der Waals surface area (Å²) in [5.74, 6) is -1.44. The second-order valence-corrected chi connectivity index (χ2v) is 2.68. The lowest BCUT2D eigenvalue weighted by molar-refractivity contribution is 0.265. The second kappa shape index (κ2) is 3.67. The molecule has 13 heavy (non-hydrogen) atoms. The van der Waals surface area contributed by atoms with Crippen LogP contribution in [0.4, 0.5) is 14.5 Å². The molecule has 5 heteroatoms. The van der Waals surface area contributed by atoms with Gasteiger partial charge in [0.1, 0.15) is 11.6 Å². The fourth-order valence-electron chi connectivity index (χ4n) is 0.960. The molecule has 0 spiro atoms. The van der Waals surface area contributed by atoms with E-state index in [1.807, 2.05) is 0 Å². The van der Waals surface area contributed by atoms with Crippen LogP contribution in [0.15, 0.2) is 12.1 Å². The zero-order valence-electron chi connectivity index (χ0n) is 6.80. The Kier molecular flexibility index (Phi) is 2.79. The summed E-state index contributed by atoms with van der Waals surface area (Å²) in [4.78, 5) is 0. The lowest BCUT2D eigenvalue weighted by atomic mass is 10.1. The molecule has 0 bridgehead atoms. The lowest BCUT2D eigenvalue weighted by Gasteiger charge is -2.10. The molecule has 0 amide bonds. The molecule has 72 valence electrons. The average Bonchev–Trinajstić information content (AvgIpc) is 2.10. The van der Waals surface area contributed by atoms with Crippen LogP contribution in [0.3, 0.4) is 0 Å². The molecule has 0 unspecified atom stereocenters. The number of benzene rings is 1. The molecule has 0 fully saturated rings. The van der Waals surface area contributed by atoms with Gasteiger partial charge < -0.3 is 16.6 Å². The third-order valence-corrected chi connectivity index (χ3v) is 1.71. The molecule has 5 N–H and O–H groups in total. The minimum atomic E-state index is -0.921. The molecule has 0 aliphatic carbocycles. The summed E-state index contributed by atoms with van der Waals surface area (Å²) in [6.45, 7) is -0.444. The van der Waals surface area contributed by atoms with Crippen molar-refractivity contribution in [1.29, 1.82) is 0 Å². The number of aliphatic hydroxyl groups excluding tert-OH is 1. The summed E-state index contributed by atoms with van der Waals surface area (Å²) in [5.41, 5.74) is 10.1. The van der Waals surface area contributed by atoms with Gasteiger partial charge in [-0.2, -0.15) is 0 Å². The van der Waals surface area contributed by atoms with Crippen molar-refractivity contribution in [2.45, 2.75) is 6.04 Å². The Hall–Kier alpha value is -1.20. The van der Waals surface area contributed by atoms with E-state index >= 15 is 0 Å². The molecule has 1 aromatic rings. The first kappa shape index (κ1) is 9.88. The number of hydrogen-bond donors (Lipinski definition) is 3. The van der Waals surface area contributed by atoms with Crippen LogP contribution in [0.5, 0.6) is 0 Å². The van der Waals surface area contributed by atoms with E-state index in [2.05, 4.69) is 0 Å². The Bertz CT molecular complexity index is 317. The Balaban J connectivity index is 3.15. The van der Waals surface area contributed by atoms with Crippen LogP contribution in [0.1, 0.15) is 11.6 Å². The standard InChI is InChI=1S/C8H10F2N2O/c9-5-2-7(11)6(10)1-4(5)8(12)3-13/h1-2,8,13H,3,11-12H2/t8-/m0/s1. The largest absolute Gasteiger partial charge is 0.396 e. The second-order valence-electron chi connectivity index (χ2n) is 2.68. The summed E-state index contributed by atoms with van der Waals surface area (Å²) in [6, 6.07) is 0.821. The van der Waals surface area contributed by atoms with Gasteiger partial charge in [0.15, 0.2) is 0 Å². The van der Waals surface area contributed by atoms with Crippen LogP contribution in [0, 0.1) is 11.6 Å². The highest BCUT2D eigenvalue weighted by Crippen LogP contribution is 2.20. The van der Waals surface area contributed by atoms with E-state index in [1.165, 1.54) is 0 Å². The quantitative estimate of drug-likeness (QED) is 0.593. The maximum absolute atomic E-state index is 13.0. The van der Waals surface area contributed by atoms with E-state index in [1.54, 1.807) is 0 Å². The number of hydrogen-bond acceptors (Lipinski definition) is 3. The van der Waals surface area contributed by atoms with Crippen LogP contribution >= 0.6 is 0 Å². The molecule has 1 aromatic carbocycles. The van der Waals surface area contributed by atoms with Crippen LogP contribution in [-0.2, 0) is 0 Å². The highest BCUT2D eigenvalue weighted by molar-refractivity contribution is 5.43. The van der Waals surface area contributed by atoms with Crippen molar-refractivity contribution in [2.24, 2.45) is 5.73 Å². The highest BCUT2D eigenvalue weighted by atomic mass is 19.1. The van der Waals surface area contributed by atoms with E-state index < -0.39 is 24.3 Å². The van der Waals surface area contributed by atoms with Gasteiger partial charge in [0.2, 0.25) is 0 Å². The fourth-order valence-corrected chi connectivity index (χ4v) is 0.960. The van der Waals surface area contributed by atoms with E-state index in [0.717, 1.165) is 12.1 Å². The van der Waals surface area contributed by atoms with Crippen molar-refractivity contribution < 1.29 is 13.9 Å². The van der Waals surface area contributed by atoms with Crippen molar-refractivity contribution in [3.63, 3.8) is 0 Å². The van der Waals surface area contributed by atoms with Gasteiger partial charge in [-0.25, -0.2) is 8.78 Å². The van der Waals surface area contributed by atoms with Gasteiger partial charge in [0, 0.05) is 11.6 Å². The molecular formula is C8H10F2N2O. The summed E-state index contributed by atoms with van der Waals surface area (Å²) < 4.78 is 25.9. The van der Waals surface area contributed by atoms with Crippen LogP contribution in [0.25, 0.3) is 0 Å². The van der Waals surface area contributed by atoms with Crippen molar-refractivity contribution in [3.8, 4) is 0 Å². The minimum absolute atomic E-state index is 0.0748. The number of nitrogens with two attached hydrogens (primary N) is 2. The van der Waals surface area contributed by atoms with Gasteiger partial charge >= 0.3 is 0 Å². The summed E-state index contributed by atoms with van der Waals surface area (Å²) in [6.07, 6.45) is 0. The van der Waals surface area contributed by atoms with Crippen LogP contribution < -0.4 is 11.5 Å². The molecule has 3 nitrogen and oxygen atoms in total. The Labute approximate surface area is 74.0 Å². The van der Waals surface area contributed by atoms with Crippen molar-refractivity contribution in [2.75, 3.05) is 12.3 Å². The molecule has 1 rings (SSSR count). The lowest BCUT2D eigenvalue weighted by Crippen LogP contribution is -2.16. The third kappa shape index (κ3) is 1.93. The first-order valence-corrected chi connectivity index (χ1v) is 3.67. The zero-order valence-corrected chi connectivity index (χ0v) is 6.80. The number of aliphatic hydroxyl groups is 1. The van der Waals surface area contributed by atoms with Gasteiger partial charge in [-0.05, 0) is 6.07 Å². The first-order chi connectivity index (χ1) is 6.06. The summed E-state index contributed by atoms with van der Waals surface area (Å²) in [7, 11) is 0. The fraction of sp³-hybridized carbons (Fsp3) is 0.250. The van der Waals surface area contributed by atoms with Crippen molar-refractivity contribution >= 4 is 5.69 Å². The molecule has 1 atom stereocenters. The number of nitrogen functional groups attached to an aromatic ring is 1. The summed E-state index contributed by atoms with van der Waals surface area (Å²) >= 11 is 0. The average molecular weight is 188 g/mol.